The molecule has 0 bridgehead atoms. The number of phenolic OH excluding ortho intramolecular Hbond substituents is 2. The summed E-state index contributed by atoms with van der Waals surface area (Å²) in [4.78, 5) is 14.6. The number of unbranched alkanes of at least 4 members (excludes halogenated alkanes) is 3. The molecule has 1 heterocycles. The van der Waals surface area contributed by atoms with E-state index in [0.29, 0.717) is 38.3 Å². The second kappa shape index (κ2) is 12.2. The summed E-state index contributed by atoms with van der Waals surface area (Å²) >= 11 is 0. The van der Waals surface area contributed by atoms with Gasteiger partial charge in [0.1, 0.15) is 11.5 Å². The van der Waals surface area contributed by atoms with Gasteiger partial charge in [0.05, 0.1) is 13.2 Å². The molecule has 1 aliphatic heterocycles. The Labute approximate surface area is 211 Å². The van der Waals surface area contributed by atoms with Gasteiger partial charge in [-0.1, -0.05) is 58.6 Å². The van der Waals surface area contributed by atoms with Crippen molar-refractivity contribution in [1.82, 2.24) is 10.2 Å². The number of rotatable bonds is 9. The summed E-state index contributed by atoms with van der Waals surface area (Å²) in [7, 11) is 0. The summed E-state index contributed by atoms with van der Waals surface area (Å²) in [5, 5.41) is 25.5. The number of benzene rings is 1. The van der Waals surface area contributed by atoms with Crippen molar-refractivity contribution in [3.05, 3.63) is 35.4 Å². The van der Waals surface area contributed by atoms with Crippen LogP contribution in [0.1, 0.15) is 96.1 Å². The Kier molecular flexibility index (Phi) is 9.51. The highest BCUT2D eigenvalue weighted by Gasteiger charge is 2.37. The lowest BCUT2D eigenvalue weighted by Gasteiger charge is -2.39. The standard InChI is InChI=1S/C29H46N2O4/c1-6-7-8-9-12-29(4,5)21-17-25(32)27(26(33)18-21)24-19-22(10-11-23(24)20(2)3)30-28(34)31-13-15-35-16-14-31/h17-18,22-24,32-33H,2,6-16,19H2,1,3-5H3,(H,30,34)/t22-,23+,24-/m1/s1. The molecule has 1 saturated heterocycles. The van der Waals surface area contributed by atoms with E-state index in [1.165, 1.54) is 19.3 Å². The van der Waals surface area contributed by atoms with E-state index < -0.39 is 0 Å². The van der Waals surface area contributed by atoms with Crippen molar-refractivity contribution in [3.63, 3.8) is 0 Å². The molecule has 6 nitrogen and oxygen atoms in total. The van der Waals surface area contributed by atoms with Crippen LogP contribution in [0.15, 0.2) is 24.3 Å². The van der Waals surface area contributed by atoms with Crippen LogP contribution in [-0.4, -0.2) is 53.5 Å². The Morgan fingerprint density at radius 3 is 2.40 bits per heavy atom. The summed E-state index contributed by atoms with van der Waals surface area (Å²) in [5.74, 6) is 0.352. The van der Waals surface area contributed by atoms with Gasteiger partial charge in [0.2, 0.25) is 0 Å². The van der Waals surface area contributed by atoms with Gasteiger partial charge in [-0.15, -0.1) is 0 Å². The second-order valence-corrected chi connectivity index (χ2v) is 11.2. The number of amides is 2. The zero-order chi connectivity index (χ0) is 25.6. The maximum atomic E-state index is 12.8. The number of nitrogens with one attached hydrogen (secondary N) is 1. The number of hydrogen-bond donors (Lipinski definition) is 3. The van der Waals surface area contributed by atoms with Crippen LogP contribution in [0.3, 0.4) is 0 Å². The highest BCUT2D eigenvalue weighted by molar-refractivity contribution is 5.74. The lowest BCUT2D eigenvalue weighted by molar-refractivity contribution is 0.0518. The summed E-state index contributed by atoms with van der Waals surface area (Å²) in [6.45, 7) is 15.2. The van der Waals surface area contributed by atoms with Crippen molar-refractivity contribution in [2.45, 2.75) is 96.4 Å². The number of hydrogen-bond acceptors (Lipinski definition) is 4. The maximum Gasteiger partial charge on any atom is 0.317 e. The van der Waals surface area contributed by atoms with Crippen molar-refractivity contribution < 1.29 is 19.7 Å². The molecule has 0 unspecified atom stereocenters. The third kappa shape index (κ3) is 6.93. The van der Waals surface area contributed by atoms with Gasteiger partial charge in [0, 0.05) is 24.7 Å². The number of nitrogens with zero attached hydrogens (tertiary/aromatic N) is 1. The molecule has 0 radical (unpaired) electrons. The smallest absolute Gasteiger partial charge is 0.317 e. The van der Waals surface area contributed by atoms with Crippen LogP contribution in [0.5, 0.6) is 11.5 Å². The molecular weight excluding hydrogens is 440 g/mol. The monoisotopic (exact) mass is 486 g/mol. The van der Waals surface area contributed by atoms with Crippen molar-refractivity contribution in [3.8, 4) is 11.5 Å². The molecule has 3 atom stereocenters. The van der Waals surface area contributed by atoms with Gasteiger partial charge in [-0.2, -0.15) is 0 Å². The van der Waals surface area contributed by atoms with Crippen molar-refractivity contribution in [2.24, 2.45) is 5.92 Å². The zero-order valence-corrected chi connectivity index (χ0v) is 22.2. The number of urea groups is 1. The molecule has 0 spiro atoms. The molecule has 3 N–H and O–H groups in total. The van der Waals surface area contributed by atoms with E-state index >= 15 is 0 Å². The summed E-state index contributed by atoms with van der Waals surface area (Å²) in [6, 6.07) is 3.62. The van der Waals surface area contributed by atoms with Crippen molar-refractivity contribution in [2.75, 3.05) is 26.3 Å². The van der Waals surface area contributed by atoms with Gasteiger partial charge < -0.3 is 25.2 Å². The molecule has 2 amide bonds. The highest BCUT2D eigenvalue weighted by Crippen LogP contribution is 2.49. The molecule has 1 aromatic rings. The molecule has 1 saturated carbocycles. The second-order valence-electron chi connectivity index (χ2n) is 11.2. The summed E-state index contributed by atoms with van der Waals surface area (Å²) in [6.07, 6.45) is 8.17. The lowest BCUT2D eigenvalue weighted by atomic mass is 9.69. The van der Waals surface area contributed by atoms with E-state index in [0.717, 1.165) is 36.8 Å². The van der Waals surface area contributed by atoms with Gasteiger partial charge in [-0.05, 0) is 67.6 Å². The molecule has 2 aliphatic rings. The molecule has 1 aromatic carbocycles. The fourth-order valence-electron chi connectivity index (χ4n) is 5.77. The predicted molar refractivity (Wildman–Crippen MR) is 141 cm³/mol. The quantitative estimate of drug-likeness (QED) is 0.286. The van der Waals surface area contributed by atoms with Crippen LogP contribution in [0.2, 0.25) is 0 Å². The normalized spacial score (nSPS) is 23.2. The molecule has 0 aromatic heterocycles. The fourth-order valence-corrected chi connectivity index (χ4v) is 5.77. The first-order chi connectivity index (χ1) is 16.6. The van der Waals surface area contributed by atoms with Crippen LogP contribution < -0.4 is 5.32 Å². The number of morpholine rings is 1. The SMILES string of the molecule is C=C(C)[C@@H]1CC[C@@H](NC(=O)N2CCOCC2)C[C@H]1c1c(O)cc(C(C)(C)CCCCCC)cc1O. The molecule has 1 aliphatic carbocycles. The van der Waals surface area contributed by atoms with Crippen LogP contribution >= 0.6 is 0 Å². The maximum absolute atomic E-state index is 12.8. The first kappa shape index (κ1) is 27.4. The van der Waals surface area contributed by atoms with Gasteiger partial charge >= 0.3 is 6.03 Å². The predicted octanol–water partition coefficient (Wildman–Crippen LogP) is 6.22. The number of aromatic hydroxyl groups is 2. The molecule has 35 heavy (non-hydrogen) atoms. The molecule has 196 valence electrons. The first-order valence-corrected chi connectivity index (χ1v) is 13.5. The minimum absolute atomic E-state index is 0.0144. The highest BCUT2D eigenvalue weighted by atomic mass is 16.5. The minimum atomic E-state index is -0.129. The Morgan fingerprint density at radius 1 is 1.14 bits per heavy atom. The van der Waals surface area contributed by atoms with E-state index in [-0.39, 0.29) is 40.8 Å². The van der Waals surface area contributed by atoms with E-state index in [2.05, 4.69) is 32.7 Å². The summed E-state index contributed by atoms with van der Waals surface area (Å²) in [5.41, 5.74) is 2.48. The van der Waals surface area contributed by atoms with E-state index in [1.807, 2.05) is 19.1 Å². The third-order valence-corrected chi connectivity index (χ3v) is 8.05. The van der Waals surface area contributed by atoms with Crippen LogP contribution in [0.4, 0.5) is 4.79 Å². The van der Waals surface area contributed by atoms with Crippen LogP contribution in [0, 0.1) is 5.92 Å². The van der Waals surface area contributed by atoms with Crippen molar-refractivity contribution >= 4 is 6.03 Å². The van der Waals surface area contributed by atoms with Gasteiger partial charge in [-0.25, -0.2) is 4.79 Å². The van der Waals surface area contributed by atoms with Crippen LogP contribution in [-0.2, 0) is 10.2 Å². The van der Waals surface area contributed by atoms with E-state index in [1.54, 1.807) is 4.90 Å². The van der Waals surface area contributed by atoms with Crippen molar-refractivity contribution in [1.29, 1.82) is 0 Å². The largest absolute Gasteiger partial charge is 0.508 e. The van der Waals surface area contributed by atoms with Gasteiger partial charge in [0.15, 0.2) is 0 Å². The molecule has 2 fully saturated rings. The number of ether oxygens (including phenoxy) is 1. The number of allylic oxidation sites excluding steroid dienone is 1. The van der Waals surface area contributed by atoms with E-state index in [4.69, 9.17) is 4.74 Å². The molecule has 6 heteroatoms. The van der Waals surface area contributed by atoms with Gasteiger partial charge in [-0.3, -0.25) is 0 Å². The number of phenols is 2. The Balaban J connectivity index is 1.78. The molecule has 3 rings (SSSR count). The topological polar surface area (TPSA) is 82.0 Å². The minimum Gasteiger partial charge on any atom is -0.508 e. The van der Waals surface area contributed by atoms with E-state index in [9.17, 15) is 15.0 Å². The first-order valence-electron chi connectivity index (χ1n) is 13.5. The Hall–Kier alpha value is -2.21. The Morgan fingerprint density at radius 2 is 1.80 bits per heavy atom. The fraction of sp³-hybridized carbons (Fsp3) is 0.690. The summed E-state index contributed by atoms with van der Waals surface area (Å²) < 4.78 is 5.36. The Bertz CT molecular complexity index is 852. The number of carbonyl (C=O) groups is 1. The lowest BCUT2D eigenvalue weighted by Crippen LogP contribution is -2.50. The average Bonchev–Trinajstić information content (AvgIpc) is 2.82. The van der Waals surface area contributed by atoms with Crippen LogP contribution in [0.25, 0.3) is 0 Å². The average molecular weight is 487 g/mol. The van der Waals surface area contributed by atoms with Gasteiger partial charge in [0.25, 0.3) is 0 Å². The zero-order valence-electron chi connectivity index (χ0n) is 22.2. The third-order valence-electron chi connectivity index (χ3n) is 8.05. The number of carbonyl (C=O) groups excluding carboxylic acids is 1. The molecular formula is C29H46N2O4.